The summed E-state index contributed by atoms with van der Waals surface area (Å²) in [7, 11) is 0. The molecule has 0 radical (unpaired) electrons. The molecule has 1 unspecified atom stereocenters. The highest BCUT2D eigenvalue weighted by Crippen LogP contribution is 2.12. The van der Waals surface area contributed by atoms with Crippen LogP contribution in [0, 0.1) is 0 Å². The van der Waals surface area contributed by atoms with Gasteiger partial charge in [0.2, 0.25) is 0 Å². The molecule has 0 aliphatic rings. The van der Waals surface area contributed by atoms with Gasteiger partial charge in [-0.2, -0.15) is 0 Å². The summed E-state index contributed by atoms with van der Waals surface area (Å²) in [6.45, 7) is 3.64. The van der Waals surface area contributed by atoms with Gasteiger partial charge in [-0.05, 0) is 37.6 Å². The van der Waals surface area contributed by atoms with E-state index in [1.165, 1.54) is 0 Å². The van der Waals surface area contributed by atoms with E-state index in [2.05, 4.69) is 10.3 Å². The molecule has 0 spiro atoms. The second-order valence-electron chi connectivity index (χ2n) is 4.28. The number of aromatic nitrogens is 1. The first-order valence-corrected chi connectivity index (χ1v) is 5.73. The fraction of sp³-hybridized carbons (Fsp3) is 0.417. The minimum atomic E-state index is -0.410. The van der Waals surface area contributed by atoms with Crippen molar-refractivity contribution < 1.29 is 4.42 Å². The summed E-state index contributed by atoms with van der Waals surface area (Å²) in [6.07, 6.45) is 0.886. The highest BCUT2D eigenvalue weighted by Gasteiger charge is 2.02. The predicted molar refractivity (Wildman–Crippen MR) is 67.1 cm³/mol. The van der Waals surface area contributed by atoms with E-state index in [1.807, 2.05) is 25.1 Å². The van der Waals surface area contributed by atoms with Crippen LogP contribution < -0.4 is 16.8 Å². The van der Waals surface area contributed by atoms with Crippen molar-refractivity contribution in [3.05, 3.63) is 34.3 Å². The molecule has 5 heteroatoms. The number of nitrogens with two attached hydrogens (primary N) is 1. The van der Waals surface area contributed by atoms with Crippen molar-refractivity contribution in [2.75, 3.05) is 13.1 Å². The molecule has 0 amide bonds. The van der Waals surface area contributed by atoms with Gasteiger partial charge in [-0.15, -0.1) is 0 Å². The average Bonchev–Trinajstić information content (AvgIpc) is 2.63. The summed E-state index contributed by atoms with van der Waals surface area (Å²) in [5, 5.41) is 3.26. The summed E-state index contributed by atoms with van der Waals surface area (Å²) in [5.41, 5.74) is 8.12. The fourth-order valence-electron chi connectivity index (χ4n) is 1.71. The van der Waals surface area contributed by atoms with E-state index in [1.54, 1.807) is 0 Å². The quantitative estimate of drug-likeness (QED) is 0.663. The van der Waals surface area contributed by atoms with Crippen LogP contribution in [-0.2, 0) is 6.42 Å². The average molecular weight is 235 g/mol. The molecule has 0 saturated heterocycles. The number of H-pyrrole nitrogens is 1. The van der Waals surface area contributed by atoms with Crippen LogP contribution >= 0.6 is 0 Å². The van der Waals surface area contributed by atoms with Gasteiger partial charge in [0.25, 0.3) is 0 Å². The summed E-state index contributed by atoms with van der Waals surface area (Å²) in [5.74, 6) is -0.410. The van der Waals surface area contributed by atoms with Crippen molar-refractivity contribution in [3.8, 4) is 0 Å². The molecule has 1 aromatic carbocycles. The van der Waals surface area contributed by atoms with E-state index in [-0.39, 0.29) is 6.04 Å². The molecule has 1 atom stereocenters. The monoisotopic (exact) mass is 235 g/mol. The van der Waals surface area contributed by atoms with Gasteiger partial charge in [0.05, 0.1) is 5.52 Å². The van der Waals surface area contributed by atoms with Crippen LogP contribution in [0.5, 0.6) is 0 Å². The third-order valence-corrected chi connectivity index (χ3v) is 2.54. The molecular weight excluding hydrogens is 218 g/mol. The molecule has 17 heavy (non-hydrogen) atoms. The Balaban J connectivity index is 1.97. The van der Waals surface area contributed by atoms with Gasteiger partial charge in [0.15, 0.2) is 5.58 Å². The minimum absolute atomic E-state index is 0.167. The standard InChI is InChI=1S/C12H17N3O2/c1-8(13)7-14-5-4-9-2-3-10-11(6-9)17-12(16)15-10/h2-3,6,8,14H,4-5,7,13H2,1H3,(H,15,16). The van der Waals surface area contributed by atoms with Crippen LogP contribution in [0.25, 0.3) is 11.1 Å². The molecule has 92 valence electrons. The van der Waals surface area contributed by atoms with E-state index >= 15 is 0 Å². The van der Waals surface area contributed by atoms with E-state index in [0.29, 0.717) is 5.58 Å². The lowest BCUT2D eigenvalue weighted by atomic mass is 10.1. The summed E-state index contributed by atoms with van der Waals surface area (Å²) < 4.78 is 5.00. The molecule has 1 heterocycles. The number of benzene rings is 1. The smallest absolute Gasteiger partial charge is 0.408 e. The molecule has 1 aromatic heterocycles. The van der Waals surface area contributed by atoms with Gasteiger partial charge in [0, 0.05) is 12.6 Å². The number of oxazole rings is 1. The Labute approximate surface area is 99.0 Å². The van der Waals surface area contributed by atoms with E-state index in [0.717, 1.165) is 30.6 Å². The fourth-order valence-corrected chi connectivity index (χ4v) is 1.71. The van der Waals surface area contributed by atoms with Crippen LogP contribution in [0.4, 0.5) is 0 Å². The van der Waals surface area contributed by atoms with Crippen molar-refractivity contribution in [1.29, 1.82) is 0 Å². The number of hydrogen-bond acceptors (Lipinski definition) is 4. The maximum absolute atomic E-state index is 11.0. The molecule has 2 aromatic rings. The highest BCUT2D eigenvalue weighted by atomic mass is 16.4. The third kappa shape index (κ3) is 3.18. The lowest BCUT2D eigenvalue weighted by Crippen LogP contribution is -2.32. The zero-order valence-electron chi connectivity index (χ0n) is 9.82. The molecule has 0 fully saturated rings. The molecule has 4 N–H and O–H groups in total. The molecule has 5 nitrogen and oxygen atoms in total. The van der Waals surface area contributed by atoms with Crippen LogP contribution in [0.3, 0.4) is 0 Å². The molecule has 0 aliphatic heterocycles. The van der Waals surface area contributed by atoms with Crippen molar-refractivity contribution in [3.63, 3.8) is 0 Å². The zero-order valence-corrected chi connectivity index (χ0v) is 9.82. The number of rotatable bonds is 5. The van der Waals surface area contributed by atoms with Crippen LogP contribution in [0.15, 0.2) is 27.4 Å². The molecule has 0 aliphatic carbocycles. The maximum atomic E-state index is 11.0. The van der Waals surface area contributed by atoms with Gasteiger partial charge >= 0.3 is 5.76 Å². The van der Waals surface area contributed by atoms with Gasteiger partial charge in [-0.3, -0.25) is 4.98 Å². The van der Waals surface area contributed by atoms with Crippen LogP contribution in [-0.4, -0.2) is 24.1 Å². The SMILES string of the molecule is CC(N)CNCCc1ccc2[nH]c(=O)oc2c1. The Hall–Kier alpha value is -1.59. The summed E-state index contributed by atoms with van der Waals surface area (Å²) in [4.78, 5) is 13.6. The Morgan fingerprint density at radius 3 is 3.12 bits per heavy atom. The normalized spacial score (nSPS) is 13.1. The number of nitrogens with one attached hydrogen (secondary N) is 2. The second-order valence-corrected chi connectivity index (χ2v) is 4.28. The van der Waals surface area contributed by atoms with Gasteiger partial charge in [-0.1, -0.05) is 6.07 Å². The Kier molecular flexibility index (Phi) is 3.61. The first-order chi connectivity index (χ1) is 8.15. The Bertz CT molecular complexity index is 542. The lowest BCUT2D eigenvalue weighted by Gasteiger charge is -2.07. The van der Waals surface area contributed by atoms with E-state index < -0.39 is 5.76 Å². The highest BCUT2D eigenvalue weighted by molar-refractivity contribution is 5.72. The Morgan fingerprint density at radius 2 is 2.35 bits per heavy atom. The lowest BCUT2D eigenvalue weighted by molar-refractivity contribution is 0.554. The Morgan fingerprint density at radius 1 is 1.53 bits per heavy atom. The van der Waals surface area contributed by atoms with E-state index in [4.69, 9.17) is 10.2 Å². The van der Waals surface area contributed by atoms with Crippen LogP contribution in [0.2, 0.25) is 0 Å². The van der Waals surface area contributed by atoms with Crippen molar-refractivity contribution in [2.45, 2.75) is 19.4 Å². The molecule has 0 saturated carbocycles. The predicted octanol–water partition coefficient (Wildman–Crippen LogP) is 0.600. The maximum Gasteiger partial charge on any atom is 0.417 e. The molecular formula is C12H17N3O2. The first-order valence-electron chi connectivity index (χ1n) is 5.73. The largest absolute Gasteiger partial charge is 0.417 e. The van der Waals surface area contributed by atoms with Gasteiger partial charge in [-0.25, -0.2) is 4.79 Å². The van der Waals surface area contributed by atoms with Crippen LogP contribution in [0.1, 0.15) is 12.5 Å². The molecule has 2 rings (SSSR count). The topological polar surface area (TPSA) is 84.0 Å². The molecule has 0 bridgehead atoms. The number of aromatic amines is 1. The van der Waals surface area contributed by atoms with Gasteiger partial charge < -0.3 is 15.5 Å². The third-order valence-electron chi connectivity index (χ3n) is 2.54. The first kappa shape index (κ1) is 11.9. The second kappa shape index (κ2) is 5.16. The summed E-state index contributed by atoms with van der Waals surface area (Å²) in [6, 6.07) is 5.91. The van der Waals surface area contributed by atoms with Crippen molar-refractivity contribution in [1.82, 2.24) is 10.3 Å². The minimum Gasteiger partial charge on any atom is -0.408 e. The zero-order chi connectivity index (χ0) is 12.3. The number of hydrogen-bond donors (Lipinski definition) is 3. The van der Waals surface area contributed by atoms with E-state index in [9.17, 15) is 4.79 Å². The van der Waals surface area contributed by atoms with Crippen molar-refractivity contribution in [2.24, 2.45) is 5.73 Å². The number of fused-ring (bicyclic) bond motifs is 1. The van der Waals surface area contributed by atoms with Gasteiger partial charge in [0.1, 0.15) is 0 Å². The van der Waals surface area contributed by atoms with Crippen molar-refractivity contribution >= 4 is 11.1 Å². The summed E-state index contributed by atoms with van der Waals surface area (Å²) >= 11 is 0.